The Kier molecular flexibility index (Phi) is 28.8. The topological polar surface area (TPSA) is 291 Å². The molecule has 0 bridgehead atoms. The van der Waals surface area contributed by atoms with E-state index in [-0.39, 0.29) is 53.1 Å². The highest BCUT2D eigenvalue weighted by Crippen LogP contribution is 2.08. The average molecular weight is 888 g/mol. The maximum atomic E-state index is 12.3. The molecule has 3 aromatic rings. The molecule has 0 saturated heterocycles. The van der Waals surface area contributed by atoms with Gasteiger partial charge in [0, 0.05) is 6.54 Å². The lowest BCUT2D eigenvalue weighted by Crippen LogP contribution is -2.50. The molecule has 3 aromatic carbocycles. The predicted octanol–water partition coefficient (Wildman–Crippen LogP) is 0.424. The fourth-order valence-electron chi connectivity index (χ4n) is 6.29. The molecule has 0 saturated carbocycles. The third-order valence-electron chi connectivity index (χ3n) is 10.1. The Morgan fingerprint density at radius 3 is 1.05 bits per heavy atom. The molecule has 3 amide bonds. The highest BCUT2D eigenvalue weighted by molar-refractivity contribution is 5.91. The van der Waals surface area contributed by atoms with E-state index in [9.17, 15) is 28.8 Å². The van der Waals surface area contributed by atoms with Gasteiger partial charge in [-0.15, -0.1) is 0 Å². The second-order valence-electron chi connectivity index (χ2n) is 15.2. The Morgan fingerprint density at radius 2 is 0.781 bits per heavy atom. The minimum atomic E-state index is -0.552. The number of nitrogens with two attached hydrogens (primary N) is 4. The Morgan fingerprint density at radius 1 is 0.469 bits per heavy atom. The van der Waals surface area contributed by atoms with Crippen molar-refractivity contribution in [2.24, 2.45) is 27.9 Å². The third-order valence-corrected chi connectivity index (χ3v) is 10.1. The number of likely N-dealkylation sites (N-methyl/N-ethyl adjacent to an activating group) is 3. The predicted molar refractivity (Wildman–Crippen MR) is 254 cm³/mol. The highest BCUT2D eigenvalue weighted by Gasteiger charge is 2.25. The van der Waals surface area contributed by atoms with Crippen molar-refractivity contribution in [1.29, 1.82) is 0 Å². The zero-order chi connectivity index (χ0) is 47.9. The molecule has 0 heterocycles. The van der Waals surface area contributed by atoms with E-state index in [0.717, 1.165) is 23.1 Å². The van der Waals surface area contributed by atoms with Crippen molar-refractivity contribution >= 4 is 41.0 Å². The summed E-state index contributed by atoms with van der Waals surface area (Å²) >= 11 is 0. The second kappa shape index (κ2) is 32.8. The molecular weight excluding hydrogens is 815 g/mol. The van der Waals surface area contributed by atoms with Crippen LogP contribution in [0.4, 0.5) is 0 Å². The van der Waals surface area contributed by atoms with E-state index in [4.69, 9.17) is 22.9 Å². The Bertz CT molecular complexity index is 1850. The first kappa shape index (κ1) is 56.2. The van der Waals surface area contributed by atoms with Crippen LogP contribution in [-0.4, -0.2) is 118 Å². The zero-order valence-corrected chi connectivity index (χ0v) is 38.4. The molecule has 0 aromatic heterocycles. The molecule has 17 heteroatoms. The Hall–Kier alpha value is -5.85. The summed E-state index contributed by atoms with van der Waals surface area (Å²) in [7, 11) is 5.13. The normalized spacial score (nSPS) is 13.3. The number of hydrogen-bond acceptors (Lipinski definition) is 12. The van der Waals surface area contributed by atoms with Crippen molar-refractivity contribution in [1.82, 2.24) is 31.9 Å². The number of nitrogens with zero attached hydrogens (tertiary/aromatic N) is 1. The summed E-state index contributed by atoms with van der Waals surface area (Å²) in [5.74, 6) is -0.761. The summed E-state index contributed by atoms with van der Waals surface area (Å²) in [4.78, 5) is 75.7. The van der Waals surface area contributed by atoms with Crippen LogP contribution in [0.2, 0.25) is 0 Å². The van der Waals surface area contributed by atoms with Crippen molar-refractivity contribution in [3.63, 3.8) is 0 Å². The van der Waals surface area contributed by atoms with E-state index in [1.54, 1.807) is 21.1 Å². The number of carbonyl (C=O) groups excluding carboxylic acids is 6. The van der Waals surface area contributed by atoms with Gasteiger partial charge in [-0.1, -0.05) is 91.0 Å². The van der Waals surface area contributed by atoms with Crippen LogP contribution in [0, 0.1) is 0 Å². The zero-order valence-electron chi connectivity index (χ0n) is 38.4. The maximum absolute atomic E-state index is 12.3. The number of carbonyl (C=O) groups is 6. The molecular formula is C47H73N11O6. The quantitative estimate of drug-likeness (QED) is 0.0387. The van der Waals surface area contributed by atoms with Crippen LogP contribution in [-0.2, 0) is 48.0 Å². The average Bonchev–Trinajstić information content (AvgIpc) is 3.27. The molecule has 0 radical (unpaired) electrons. The van der Waals surface area contributed by atoms with Gasteiger partial charge in [-0.2, -0.15) is 0 Å². The van der Waals surface area contributed by atoms with Crippen molar-refractivity contribution in [2.45, 2.75) is 102 Å². The smallest absolute Gasteiger partial charge is 0.237 e. The summed E-state index contributed by atoms with van der Waals surface area (Å²) in [6, 6.07) is 26.2. The molecule has 0 spiro atoms. The fraction of sp³-hybridized carbons (Fsp3) is 0.468. The fourth-order valence-corrected chi connectivity index (χ4v) is 6.29. The number of rotatable bonds is 26. The van der Waals surface area contributed by atoms with Crippen LogP contribution in [0.5, 0.6) is 0 Å². The van der Waals surface area contributed by atoms with E-state index in [0.29, 0.717) is 58.2 Å². The summed E-state index contributed by atoms with van der Waals surface area (Å²) in [6.45, 7) is 5.77. The number of guanidine groups is 1. The minimum Gasteiger partial charge on any atom is -0.370 e. The number of aliphatic imine (C=N–C) groups is 1. The first-order valence-corrected chi connectivity index (χ1v) is 21.6. The summed E-state index contributed by atoms with van der Waals surface area (Å²) < 4.78 is 0. The summed E-state index contributed by atoms with van der Waals surface area (Å²) in [6.07, 6.45) is 3.88. The van der Waals surface area contributed by atoms with E-state index >= 15 is 0 Å². The molecule has 6 atom stereocenters. The number of benzene rings is 3. The third kappa shape index (κ3) is 23.6. The SMILES string of the molecule is CNC(CCCN)C(=O)NC(Cc1ccccc1)C(C)=O.CNC(CCN)C(=O)NC(Cc1ccccc1)C(C)=O.CNC(CCN=C(N)N)C(=O)NC(Cc1ccccc1)C(C)=O. The maximum Gasteiger partial charge on any atom is 0.237 e. The molecule has 64 heavy (non-hydrogen) atoms. The summed E-state index contributed by atoms with van der Waals surface area (Å²) in [5, 5.41) is 17.2. The van der Waals surface area contributed by atoms with E-state index < -0.39 is 24.2 Å². The molecule has 14 N–H and O–H groups in total. The van der Waals surface area contributed by atoms with Gasteiger partial charge in [-0.3, -0.25) is 33.8 Å². The van der Waals surface area contributed by atoms with Gasteiger partial charge in [-0.25, -0.2) is 0 Å². The van der Waals surface area contributed by atoms with Gasteiger partial charge in [0.05, 0.1) is 36.3 Å². The molecule has 0 fully saturated rings. The minimum absolute atomic E-state index is 0.00838. The monoisotopic (exact) mass is 888 g/mol. The molecule has 6 unspecified atom stereocenters. The number of Topliss-reactive ketones (excluding diaryl/α,β-unsaturated/α-hetero) is 3. The van der Waals surface area contributed by atoms with Crippen molar-refractivity contribution in [2.75, 3.05) is 40.8 Å². The molecule has 0 aliphatic carbocycles. The first-order valence-electron chi connectivity index (χ1n) is 21.6. The standard InChI is InChI=1S/C16H25N5O2.C16H25N3O2.C15H23N3O2/c1-11(22)14(10-12-6-4-3-5-7-12)21-15(23)13(19-2)8-9-20-16(17)18;1-12(20)15(11-13-7-4-3-5-8-13)19-16(21)14(18-2)9-6-10-17;1-11(19)14(10-12-6-4-3-5-7-12)18-15(20)13(17-2)8-9-16/h3-7,13-14,19H,8-10H2,1-2H3,(H,21,23)(H4,17,18,20);3-5,7-8,14-15,18H,6,9-11,17H2,1-2H3,(H,19,21);3-7,13-14,17H,8-10,16H2,1-2H3,(H,18,20). The molecule has 3 rings (SSSR count). The van der Waals surface area contributed by atoms with Crippen LogP contribution in [0.1, 0.15) is 63.1 Å². The van der Waals surface area contributed by atoms with Gasteiger partial charge in [-0.05, 0) is 117 Å². The lowest BCUT2D eigenvalue weighted by Gasteiger charge is -2.21. The van der Waals surface area contributed by atoms with Crippen LogP contribution < -0.4 is 54.8 Å². The number of nitrogens with one attached hydrogen (secondary N) is 6. The van der Waals surface area contributed by atoms with Gasteiger partial charge in [0.1, 0.15) is 0 Å². The lowest BCUT2D eigenvalue weighted by molar-refractivity contribution is -0.128. The second-order valence-corrected chi connectivity index (χ2v) is 15.2. The van der Waals surface area contributed by atoms with Gasteiger partial charge >= 0.3 is 0 Å². The van der Waals surface area contributed by atoms with Gasteiger partial charge < -0.3 is 54.8 Å². The van der Waals surface area contributed by atoms with Gasteiger partial charge in [0.15, 0.2) is 23.3 Å². The van der Waals surface area contributed by atoms with E-state index in [1.807, 2.05) is 91.0 Å². The van der Waals surface area contributed by atoms with Crippen molar-refractivity contribution < 1.29 is 28.8 Å². The first-order chi connectivity index (χ1) is 30.6. The van der Waals surface area contributed by atoms with Crippen molar-refractivity contribution in [3.05, 3.63) is 108 Å². The summed E-state index contributed by atoms with van der Waals surface area (Å²) in [5.41, 5.74) is 24.5. The largest absolute Gasteiger partial charge is 0.370 e. The van der Waals surface area contributed by atoms with Crippen LogP contribution in [0.3, 0.4) is 0 Å². The molecule has 0 aliphatic rings. The van der Waals surface area contributed by atoms with Gasteiger partial charge in [0.2, 0.25) is 17.7 Å². The van der Waals surface area contributed by atoms with E-state index in [2.05, 4.69) is 36.9 Å². The van der Waals surface area contributed by atoms with Crippen LogP contribution in [0.15, 0.2) is 96.0 Å². The number of hydrogen-bond donors (Lipinski definition) is 10. The molecule has 352 valence electrons. The van der Waals surface area contributed by atoms with E-state index in [1.165, 1.54) is 20.8 Å². The number of amides is 3. The molecule has 17 nitrogen and oxygen atoms in total. The van der Waals surface area contributed by atoms with Crippen molar-refractivity contribution in [3.8, 4) is 0 Å². The highest BCUT2D eigenvalue weighted by atomic mass is 16.2. The Labute approximate surface area is 379 Å². The lowest BCUT2D eigenvalue weighted by atomic mass is 10.0. The van der Waals surface area contributed by atoms with Crippen LogP contribution in [0.25, 0.3) is 0 Å². The number of ketones is 3. The Balaban J connectivity index is 0.000000481. The molecule has 0 aliphatic heterocycles. The van der Waals surface area contributed by atoms with Crippen LogP contribution >= 0.6 is 0 Å². The van der Waals surface area contributed by atoms with Gasteiger partial charge in [0.25, 0.3) is 0 Å².